The number of hydrogen-bond donors (Lipinski definition) is 2. The maximum Gasteiger partial charge on any atom is 0.408 e. The summed E-state index contributed by atoms with van der Waals surface area (Å²) in [5.74, 6) is -1.91. The van der Waals surface area contributed by atoms with Crippen LogP contribution in [0.2, 0.25) is 0 Å². The molecule has 4 rings (SSSR count). The van der Waals surface area contributed by atoms with Crippen LogP contribution in [0.15, 0.2) is 12.1 Å². The van der Waals surface area contributed by atoms with Crippen LogP contribution in [0.25, 0.3) is 0 Å². The Kier molecular flexibility index (Phi) is 4.04. The molecule has 7 heteroatoms. The van der Waals surface area contributed by atoms with Crippen LogP contribution in [-0.2, 0) is 16.6 Å². The molecule has 2 fully saturated rings. The molecule has 0 aromatic heterocycles. The van der Waals surface area contributed by atoms with Crippen molar-refractivity contribution >= 4 is 12.0 Å². The minimum Gasteiger partial charge on any atom is -0.465 e. The molecule has 3 atom stereocenters. The summed E-state index contributed by atoms with van der Waals surface area (Å²) < 4.78 is 28.8. The number of nitrogens with zero attached hydrogens (tertiary/aromatic N) is 1. The van der Waals surface area contributed by atoms with E-state index in [2.05, 4.69) is 5.32 Å². The molecule has 2 aliphatic carbocycles. The monoisotopic (exact) mass is 392 g/mol. The summed E-state index contributed by atoms with van der Waals surface area (Å²) in [6.45, 7) is 6.42. The number of piperazine rings is 1. The lowest BCUT2D eigenvalue weighted by Crippen LogP contribution is -2.75. The van der Waals surface area contributed by atoms with E-state index in [1.54, 1.807) is 0 Å². The second-order valence-electron chi connectivity index (χ2n) is 9.41. The van der Waals surface area contributed by atoms with E-state index >= 15 is 0 Å². The van der Waals surface area contributed by atoms with Gasteiger partial charge in [-0.1, -0.05) is 20.8 Å². The summed E-state index contributed by atoms with van der Waals surface area (Å²) in [5, 5.41) is 12.9. The third-order valence-corrected chi connectivity index (χ3v) is 7.24. The van der Waals surface area contributed by atoms with E-state index < -0.39 is 28.7 Å². The number of amides is 2. The fourth-order valence-electron chi connectivity index (χ4n) is 6.38. The van der Waals surface area contributed by atoms with Gasteiger partial charge in [0.25, 0.3) is 0 Å². The van der Waals surface area contributed by atoms with Crippen molar-refractivity contribution in [3.63, 3.8) is 0 Å². The Morgan fingerprint density at radius 2 is 2.00 bits per heavy atom. The highest BCUT2D eigenvalue weighted by molar-refractivity contribution is 5.94. The first-order chi connectivity index (χ1) is 13.1. The number of benzene rings is 1. The summed E-state index contributed by atoms with van der Waals surface area (Å²) in [6, 6.07) is 2.19. The van der Waals surface area contributed by atoms with Crippen molar-refractivity contribution in [2.45, 2.75) is 57.4 Å². The largest absolute Gasteiger partial charge is 0.465 e. The normalized spacial score (nSPS) is 32.1. The Morgan fingerprint density at radius 3 is 2.64 bits per heavy atom. The molecule has 0 bridgehead atoms. The second kappa shape index (κ2) is 5.91. The van der Waals surface area contributed by atoms with Crippen molar-refractivity contribution in [2.24, 2.45) is 11.3 Å². The van der Waals surface area contributed by atoms with Gasteiger partial charge < -0.3 is 10.4 Å². The highest BCUT2D eigenvalue weighted by Crippen LogP contribution is 2.64. The summed E-state index contributed by atoms with van der Waals surface area (Å²) in [6.07, 6.45) is 0.809. The summed E-state index contributed by atoms with van der Waals surface area (Å²) >= 11 is 0. The number of nitrogens with one attached hydrogen (secondary N) is 1. The van der Waals surface area contributed by atoms with Crippen molar-refractivity contribution < 1.29 is 23.5 Å². The SMILES string of the molecule is CC(C)(C)C1CCC2(CCc3c(F)cc(F)cc32)C12C(=O)NCCN2C(=O)O. The third kappa shape index (κ3) is 2.22. The molecule has 1 aliphatic heterocycles. The fourth-order valence-corrected chi connectivity index (χ4v) is 6.38. The first-order valence-electron chi connectivity index (χ1n) is 9.83. The van der Waals surface area contributed by atoms with Gasteiger partial charge in [0, 0.05) is 24.6 Å². The fraction of sp³-hybridized carbons (Fsp3) is 0.619. The number of hydrogen-bond acceptors (Lipinski definition) is 2. The average molecular weight is 392 g/mol. The number of fused-ring (bicyclic) bond motifs is 3. The van der Waals surface area contributed by atoms with Crippen LogP contribution in [0.5, 0.6) is 0 Å². The van der Waals surface area contributed by atoms with Crippen molar-refractivity contribution in [1.82, 2.24) is 10.2 Å². The molecule has 2 N–H and O–H groups in total. The maximum absolute atomic E-state index is 14.6. The highest BCUT2D eigenvalue weighted by Gasteiger charge is 2.72. The zero-order chi connectivity index (χ0) is 20.5. The lowest BCUT2D eigenvalue weighted by molar-refractivity contribution is -0.147. The van der Waals surface area contributed by atoms with E-state index in [0.717, 1.165) is 6.07 Å². The van der Waals surface area contributed by atoms with Crippen molar-refractivity contribution in [2.75, 3.05) is 13.1 Å². The van der Waals surface area contributed by atoms with E-state index in [1.165, 1.54) is 11.0 Å². The van der Waals surface area contributed by atoms with Crippen LogP contribution in [0.4, 0.5) is 13.6 Å². The number of halogens is 2. The predicted molar refractivity (Wildman–Crippen MR) is 99.0 cm³/mol. The molecule has 2 amide bonds. The Bertz CT molecular complexity index is 866. The molecule has 2 spiro atoms. The summed E-state index contributed by atoms with van der Waals surface area (Å²) in [4.78, 5) is 27.1. The number of carbonyl (C=O) groups excluding carboxylic acids is 1. The molecule has 152 valence electrons. The molecule has 1 aromatic rings. The molecule has 1 saturated heterocycles. The molecular weight excluding hydrogens is 366 g/mol. The Morgan fingerprint density at radius 1 is 1.29 bits per heavy atom. The van der Waals surface area contributed by atoms with Gasteiger partial charge in [0.15, 0.2) is 0 Å². The Labute approximate surface area is 163 Å². The van der Waals surface area contributed by atoms with E-state index in [4.69, 9.17) is 0 Å². The molecule has 28 heavy (non-hydrogen) atoms. The molecular formula is C21H26F2N2O3. The van der Waals surface area contributed by atoms with Gasteiger partial charge in [-0.2, -0.15) is 0 Å². The minimum atomic E-state index is -1.37. The Balaban J connectivity index is 2.04. The van der Waals surface area contributed by atoms with Gasteiger partial charge in [-0.15, -0.1) is 0 Å². The molecule has 3 aliphatic rings. The maximum atomic E-state index is 14.6. The molecule has 3 unspecified atom stereocenters. The molecule has 1 heterocycles. The Hall–Kier alpha value is -2.18. The summed E-state index contributed by atoms with van der Waals surface area (Å²) in [5.41, 5.74) is -1.77. The molecule has 5 nitrogen and oxygen atoms in total. The van der Waals surface area contributed by atoms with Crippen LogP contribution in [0.1, 0.15) is 51.2 Å². The lowest BCUT2D eigenvalue weighted by atomic mass is 9.58. The number of rotatable bonds is 0. The first-order valence-corrected chi connectivity index (χ1v) is 9.83. The smallest absolute Gasteiger partial charge is 0.408 e. The zero-order valence-electron chi connectivity index (χ0n) is 16.4. The van der Waals surface area contributed by atoms with Crippen LogP contribution < -0.4 is 5.32 Å². The number of carboxylic acid groups (broad SMARTS) is 1. The summed E-state index contributed by atoms with van der Waals surface area (Å²) in [7, 11) is 0. The van der Waals surface area contributed by atoms with Gasteiger partial charge in [-0.3, -0.25) is 9.69 Å². The van der Waals surface area contributed by atoms with Gasteiger partial charge >= 0.3 is 6.09 Å². The standard InChI is InChI=1S/C21H26F2N2O3/c1-19(2,3)16-5-7-20(6-4-13-14(20)10-12(22)11-15(13)23)21(16)17(26)24-8-9-25(21)18(27)28/h10-11,16H,4-9H2,1-3H3,(H,24,26)(H,27,28). The van der Waals surface area contributed by atoms with Crippen LogP contribution in [0, 0.1) is 23.0 Å². The van der Waals surface area contributed by atoms with Crippen molar-refractivity contribution in [3.05, 3.63) is 34.9 Å². The van der Waals surface area contributed by atoms with Crippen LogP contribution in [-0.4, -0.2) is 40.6 Å². The minimum absolute atomic E-state index is 0.169. The number of carbonyl (C=O) groups is 2. The lowest BCUT2D eigenvalue weighted by Gasteiger charge is -2.56. The van der Waals surface area contributed by atoms with Crippen LogP contribution in [0.3, 0.4) is 0 Å². The predicted octanol–water partition coefficient (Wildman–Crippen LogP) is 3.45. The van der Waals surface area contributed by atoms with Crippen molar-refractivity contribution in [3.8, 4) is 0 Å². The van der Waals surface area contributed by atoms with Gasteiger partial charge in [0.05, 0.1) is 0 Å². The van der Waals surface area contributed by atoms with Gasteiger partial charge in [-0.25, -0.2) is 13.6 Å². The van der Waals surface area contributed by atoms with Gasteiger partial charge in [-0.05, 0) is 54.2 Å². The van der Waals surface area contributed by atoms with E-state index in [9.17, 15) is 23.5 Å². The van der Waals surface area contributed by atoms with Gasteiger partial charge in [0.2, 0.25) is 5.91 Å². The molecule has 1 saturated carbocycles. The zero-order valence-corrected chi connectivity index (χ0v) is 16.4. The van der Waals surface area contributed by atoms with E-state index in [1.807, 2.05) is 20.8 Å². The average Bonchev–Trinajstić information content (AvgIpc) is 3.11. The van der Waals surface area contributed by atoms with E-state index in [-0.39, 0.29) is 30.3 Å². The quantitative estimate of drug-likeness (QED) is 0.711. The molecule has 0 radical (unpaired) electrons. The van der Waals surface area contributed by atoms with Gasteiger partial charge in [0.1, 0.15) is 17.2 Å². The second-order valence-corrected chi connectivity index (χ2v) is 9.41. The highest BCUT2D eigenvalue weighted by atomic mass is 19.1. The topological polar surface area (TPSA) is 69.6 Å². The molecule has 1 aromatic carbocycles. The van der Waals surface area contributed by atoms with Crippen LogP contribution >= 0.6 is 0 Å². The third-order valence-electron chi connectivity index (χ3n) is 7.24. The first kappa shape index (κ1) is 19.2. The van der Waals surface area contributed by atoms with Crippen molar-refractivity contribution in [1.29, 1.82) is 0 Å². The van der Waals surface area contributed by atoms with E-state index in [0.29, 0.717) is 36.8 Å².